The summed E-state index contributed by atoms with van der Waals surface area (Å²) in [5.74, 6) is 0.584. The fraction of sp³-hybridized carbons (Fsp3) is 0.529. The Labute approximate surface area is 143 Å². The highest BCUT2D eigenvalue weighted by atomic mass is 35.5. The van der Waals surface area contributed by atoms with Gasteiger partial charge in [0.15, 0.2) is 5.78 Å². The molecule has 23 heavy (non-hydrogen) atoms. The van der Waals surface area contributed by atoms with Crippen LogP contribution in [0.5, 0.6) is 5.75 Å². The van der Waals surface area contributed by atoms with Crippen molar-refractivity contribution in [3.63, 3.8) is 0 Å². The highest BCUT2D eigenvalue weighted by Gasteiger charge is 2.33. The number of nitrogens with two attached hydrogens (primary N) is 1. The molecule has 0 saturated heterocycles. The average molecular weight is 341 g/mol. The van der Waals surface area contributed by atoms with Crippen LogP contribution in [0.25, 0.3) is 0 Å². The highest BCUT2D eigenvalue weighted by Crippen LogP contribution is 2.28. The van der Waals surface area contributed by atoms with E-state index in [0.29, 0.717) is 17.9 Å². The van der Waals surface area contributed by atoms with E-state index in [2.05, 4.69) is 5.32 Å². The third-order valence-corrected chi connectivity index (χ3v) is 4.35. The van der Waals surface area contributed by atoms with Gasteiger partial charge in [-0.15, -0.1) is 12.4 Å². The van der Waals surface area contributed by atoms with Crippen molar-refractivity contribution < 1.29 is 14.3 Å². The fourth-order valence-corrected chi connectivity index (χ4v) is 2.94. The molecule has 0 bridgehead atoms. The first kappa shape index (κ1) is 19.5. The molecule has 1 amide bonds. The van der Waals surface area contributed by atoms with Crippen LogP contribution >= 0.6 is 12.4 Å². The quantitative estimate of drug-likeness (QED) is 0.747. The first-order chi connectivity index (χ1) is 10.6. The van der Waals surface area contributed by atoms with Gasteiger partial charge in [0.2, 0.25) is 5.91 Å². The number of amides is 1. The zero-order valence-corrected chi connectivity index (χ0v) is 14.3. The maximum atomic E-state index is 12.1. The molecule has 1 aromatic rings. The van der Waals surface area contributed by atoms with E-state index in [1.807, 2.05) is 0 Å². The summed E-state index contributed by atoms with van der Waals surface area (Å²) in [6.45, 7) is 0.463. The molecule has 2 rings (SSSR count). The summed E-state index contributed by atoms with van der Waals surface area (Å²) in [7, 11) is 1.58. The summed E-state index contributed by atoms with van der Waals surface area (Å²) in [4.78, 5) is 24.2. The van der Waals surface area contributed by atoms with Gasteiger partial charge in [-0.05, 0) is 37.1 Å². The maximum Gasteiger partial charge on any atom is 0.220 e. The van der Waals surface area contributed by atoms with Gasteiger partial charge in [0, 0.05) is 24.9 Å². The Bertz CT molecular complexity index is 525. The van der Waals surface area contributed by atoms with E-state index in [4.69, 9.17) is 10.5 Å². The van der Waals surface area contributed by atoms with E-state index in [1.54, 1.807) is 31.4 Å². The van der Waals surface area contributed by atoms with Crippen molar-refractivity contribution in [2.24, 2.45) is 5.73 Å². The van der Waals surface area contributed by atoms with Gasteiger partial charge in [-0.1, -0.05) is 12.8 Å². The van der Waals surface area contributed by atoms with Crippen LogP contribution in [-0.2, 0) is 4.79 Å². The minimum atomic E-state index is -0.250. The zero-order chi connectivity index (χ0) is 16.0. The Kier molecular flexibility index (Phi) is 7.52. The minimum Gasteiger partial charge on any atom is -0.497 e. The molecule has 6 heteroatoms. The van der Waals surface area contributed by atoms with Crippen molar-refractivity contribution in [3.05, 3.63) is 29.8 Å². The largest absolute Gasteiger partial charge is 0.497 e. The molecule has 0 unspecified atom stereocenters. The first-order valence-corrected chi connectivity index (χ1v) is 7.77. The van der Waals surface area contributed by atoms with Crippen LogP contribution in [0.4, 0.5) is 0 Å². The van der Waals surface area contributed by atoms with Crippen LogP contribution in [-0.4, -0.2) is 30.9 Å². The number of Topliss-reactive ketones (excluding diaryl/α,β-unsaturated/α-hetero) is 1. The van der Waals surface area contributed by atoms with Crippen LogP contribution in [0.2, 0.25) is 0 Å². The zero-order valence-electron chi connectivity index (χ0n) is 13.5. The lowest BCUT2D eigenvalue weighted by molar-refractivity contribution is -0.122. The monoisotopic (exact) mass is 340 g/mol. The van der Waals surface area contributed by atoms with Crippen molar-refractivity contribution in [1.29, 1.82) is 0 Å². The highest BCUT2D eigenvalue weighted by molar-refractivity contribution is 5.98. The maximum absolute atomic E-state index is 12.1. The van der Waals surface area contributed by atoms with Crippen molar-refractivity contribution in [1.82, 2.24) is 5.32 Å². The molecule has 5 nitrogen and oxygen atoms in total. The first-order valence-electron chi connectivity index (χ1n) is 7.77. The predicted molar refractivity (Wildman–Crippen MR) is 92.2 cm³/mol. The van der Waals surface area contributed by atoms with E-state index in [9.17, 15) is 9.59 Å². The third-order valence-electron chi connectivity index (χ3n) is 4.35. The predicted octanol–water partition coefficient (Wildman–Crippen LogP) is 2.47. The SMILES string of the molecule is COc1ccc(C(=O)CCC(=O)NC2(CN)CCCC2)cc1.Cl. The molecule has 3 N–H and O–H groups in total. The summed E-state index contributed by atoms with van der Waals surface area (Å²) >= 11 is 0. The molecule has 1 aliphatic carbocycles. The molecule has 1 aliphatic rings. The van der Waals surface area contributed by atoms with Crippen LogP contribution in [0.15, 0.2) is 24.3 Å². The number of ketones is 1. The van der Waals surface area contributed by atoms with E-state index in [0.717, 1.165) is 25.7 Å². The Hall–Kier alpha value is -1.59. The third kappa shape index (κ3) is 5.22. The summed E-state index contributed by atoms with van der Waals surface area (Å²) in [5.41, 5.74) is 6.15. The lowest BCUT2D eigenvalue weighted by Crippen LogP contribution is -2.51. The van der Waals surface area contributed by atoms with Crippen LogP contribution in [0, 0.1) is 0 Å². The molecular formula is C17H25ClN2O3. The second-order valence-electron chi connectivity index (χ2n) is 5.89. The number of halogens is 1. The van der Waals surface area contributed by atoms with E-state index in [-0.39, 0.29) is 42.5 Å². The van der Waals surface area contributed by atoms with Gasteiger partial charge in [-0.3, -0.25) is 9.59 Å². The van der Waals surface area contributed by atoms with Gasteiger partial charge in [-0.25, -0.2) is 0 Å². The molecule has 0 radical (unpaired) electrons. The topological polar surface area (TPSA) is 81.4 Å². The van der Waals surface area contributed by atoms with Crippen LogP contribution in [0.3, 0.4) is 0 Å². The van der Waals surface area contributed by atoms with Gasteiger partial charge >= 0.3 is 0 Å². The number of carbonyl (C=O) groups is 2. The lowest BCUT2D eigenvalue weighted by Gasteiger charge is -2.28. The molecule has 0 atom stereocenters. The van der Waals surface area contributed by atoms with Gasteiger partial charge in [0.05, 0.1) is 12.6 Å². The van der Waals surface area contributed by atoms with E-state index >= 15 is 0 Å². The van der Waals surface area contributed by atoms with E-state index < -0.39 is 0 Å². The summed E-state index contributed by atoms with van der Waals surface area (Å²) < 4.78 is 5.06. The van der Waals surface area contributed by atoms with Gasteiger partial charge in [0.1, 0.15) is 5.75 Å². The van der Waals surface area contributed by atoms with Gasteiger partial charge < -0.3 is 15.8 Å². The number of hydrogen-bond donors (Lipinski definition) is 2. The summed E-state index contributed by atoms with van der Waals surface area (Å²) in [5, 5.41) is 3.03. The Balaban J connectivity index is 0.00000264. The number of rotatable bonds is 7. The number of methoxy groups -OCH3 is 1. The van der Waals surface area contributed by atoms with Crippen molar-refractivity contribution in [2.45, 2.75) is 44.1 Å². The molecule has 1 saturated carbocycles. The van der Waals surface area contributed by atoms with Crippen molar-refractivity contribution >= 4 is 24.1 Å². The number of nitrogens with one attached hydrogen (secondary N) is 1. The molecule has 0 aliphatic heterocycles. The molecule has 128 valence electrons. The number of carbonyl (C=O) groups excluding carboxylic acids is 2. The fourth-order valence-electron chi connectivity index (χ4n) is 2.94. The number of ether oxygens (including phenoxy) is 1. The summed E-state index contributed by atoms with van der Waals surface area (Å²) in [6.07, 6.45) is 4.47. The smallest absolute Gasteiger partial charge is 0.220 e. The standard InChI is InChI=1S/C17H24N2O3.ClH/c1-22-14-6-4-13(5-7-14)15(20)8-9-16(21)19-17(12-18)10-2-3-11-17;/h4-7H,2-3,8-12,18H2,1H3,(H,19,21);1H. The second-order valence-corrected chi connectivity index (χ2v) is 5.89. The average Bonchev–Trinajstić information content (AvgIpc) is 3.01. The van der Waals surface area contributed by atoms with Crippen LogP contribution in [0.1, 0.15) is 48.9 Å². The van der Waals surface area contributed by atoms with Gasteiger partial charge in [-0.2, -0.15) is 0 Å². The second kappa shape index (κ2) is 8.89. The van der Waals surface area contributed by atoms with Gasteiger partial charge in [0.25, 0.3) is 0 Å². The summed E-state index contributed by atoms with van der Waals surface area (Å²) in [6, 6.07) is 6.93. The molecular weight excluding hydrogens is 316 g/mol. The Morgan fingerprint density at radius 1 is 1.17 bits per heavy atom. The molecule has 1 aromatic carbocycles. The lowest BCUT2D eigenvalue weighted by atomic mass is 9.97. The Morgan fingerprint density at radius 3 is 2.30 bits per heavy atom. The normalized spacial score (nSPS) is 15.6. The van der Waals surface area contributed by atoms with Crippen molar-refractivity contribution in [2.75, 3.05) is 13.7 Å². The number of benzene rings is 1. The molecule has 0 aromatic heterocycles. The van der Waals surface area contributed by atoms with Crippen molar-refractivity contribution in [3.8, 4) is 5.75 Å². The Morgan fingerprint density at radius 2 is 1.78 bits per heavy atom. The minimum absolute atomic E-state index is 0. The van der Waals surface area contributed by atoms with Crippen LogP contribution < -0.4 is 15.8 Å². The molecule has 0 spiro atoms. The van der Waals surface area contributed by atoms with E-state index in [1.165, 1.54) is 0 Å². The molecule has 0 heterocycles. The molecule has 1 fully saturated rings. The number of hydrogen-bond acceptors (Lipinski definition) is 4.